The molecule has 0 bridgehead atoms. The first-order chi connectivity index (χ1) is 16.0. The fourth-order valence-electron chi connectivity index (χ4n) is 3.36. The van der Waals surface area contributed by atoms with Crippen LogP contribution in [0.25, 0.3) is 0 Å². The topological polar surface area (TPSA) is 156 Å². The number of nitrogens with one attached hydrogen (secondary N) is 2. The van der Waals surface area contributed by atoms with E-state index < -0.39 is 67.2 Å². The highest BCUT2D eigenvalue weighted by atomic mass is 16.7. The largest absolute Gasteiger partial charge is 0.463 e. The van der Waals surface area contributed by atoms with E-state index in [4.69, 9.17) is 23.7 Å². The van der Waals surface area contributed by atoms with Crippen molar-refractivity contribution in [2.45, 2.75) is 65.3 Å². The molecule has 1 aromatic carbocycles. The predicted molar refractivity (Wildman–Crippen MR) is 115 cm³/mol. The Bertz CT molecular complexity index is 934. The number of hydrogen-bond acceptors (Lipinski definition) is 10. The molecule has 1 aliphatic heterocycles. The van der Waals surface area contributed by atoms with Gasteiger partial charge in [-0.15, -0.1) is 0 Å². The summed E-state index contributed by atoms with van der Waals surface area (Å²) < 4.78 is 26.6. The molecule has 0 aliphatic carbocycles. The third kappa shape index (κ3) is 8.03. The number of amides is 2. The van der Waals surface area contributed by atoms with E-state index in [1.54, 1.807) is 18.2 Å². The van der Waals surface area contributed by atoms with Crippen molar-refractivity contribution in [3.05, 3.63) is 29.8 Å². The van der Waals surface area contributed by atoms with Gasteiger partial charge >= 0.3 is 29.9 Å². The second-order valence-electron chi connectivity index (χ2n) is 7.60. The first-order valence-electron chi connectivity index (χ1n) is 10.4. The summed E-state index contributed by atoms with van der Waals surface area (Å²) >= 11 is 0. The monoisotopic (exact) mass is 480 g/mol. The highest BCUT2D eigenvalue weighted by molar-refractivity contribution is 5.89. The van der Waals surface area contributed by atoms with Crippen LogP contribution in [0.5, 0.6) is 0 Å². The Balaban J connectivity index is 2.38. The van der Waals surface area contributed by atoms with Gasteiger partial charge in [0.15, 0.2) is 12.2 Å². The molecular formula is C22H28N2O10. The van der Waals surface area contributed by atoms with Crippen molar-refractivity contribution >= 4 is 35.6 Å². The van der Waals surface area contributed by atoms with Crippen LogP contribution in [-0.2, 0) is 42.9 Å². The molecule has 12 heteroatoms. The number of carbonyl (C=O) groups is 5. The number of esters is 4. The van der Waals surface area contributed by atoms with Crippen molar-refractivity contribution in [1.82, 2.24) is 5.32 Å². The number of aryl methyl sites for hydroxylation is 1. The van der Waals surface area contributed by atoms with Gasteiger partial charge in [0.2, 0.25) is 6.29 Å². The standard InChI is InChI=1S/C22H28N2O10/c1-11-7-6-8-16(9-11)23-22(29)24-18-20(32-14(4)27)19(31-13(3)26)17(10-30-12(2)25)34-21(18)33-15(5)28/h6-9,17-21H,10H2,1-5H3,(H2,23,24,29)/t17-,18-,19-,20-,21+/m1/s1. The van der Waals surface area contributed by atoms with Crippen LogP contribution in [0.15, 0.2) is 24.3 Å². The summed E-state index contributed by atoms with van der Waals surface area (Å²) in [7, 11) is 0. The highest BCUT2D eigenvalue weighted by Crippen LogP contribution is 2.28. The second-order valence-corrected chi connectivity index (χ2v) is 7.60. The van der Waals surface area contributed by atoms with Crippen molar-refractivity contribution in [3.63, 3.8) is 0 Å². The van der Waals surface area contributed by atoms with Crippen LogP contribution in [0.2, 0.25) is 0 Å². The summed E-state index contributed by atoms with van der Waals surface area (Å²) in [5, 5.41) is 5.18. The molecular weight excluding hydrogens is 452 g/mol. The minimum Gasteiger partial charge on any atom is -0.463 e. The lowest BCUT2D eigenvalue weighted by Gasteiger charge is -2.44. The van der Waals surface area contributed by atoms with E-state index in [1.807, 2.05) is 13.0 Å². The van der Waals surface area contributed by atoms with Gasteiger partial charge in [-0.1, -0.05) is 12.1 Å². The number of benzene rings is 1. The Labute approximate surface area is 196 Å². The lowest BCUT2D eigenvalue weighted by Crippen LogP contribution is -2.67. The van der Waals surface area contributed by atoms with Crippen molar-refractivity contribution in [3.8, 4) is 0 Å². The lowest BCUT2D eigenvalue weighted by molar-refractivity contribution is -0.270. The Hall–Kier alpha value is -3.67. The van der Waals surface area contributed by atoms with E-state index in [0.717, 1.165) is 33.3 Å². The van der Waals surface area contributed by atoms with Gasteiger partial charge in [0.05, 0.1) is 0 Å². The van der Waals surface area contributed by atoms with Gasteiger partial charge in [-0.25, -0.2) is 4.79 Å². The molecule has 1 aromatic rings. The zero-order valence-electron chi connectivity index (χ0n) is 19.5. The molecule has 0 aromatic heterocycles. The Morgan fingerprint density at radius 1 is 0.882 bits per heavy atom. The van der Waals surface area contributed by atoms with Gasteiger partial charge in [-0.05, 0) is 24.6 Å². The van der Waals surface area contributed by atoms with E-state index in [2.05, 4.69) is 10.6 Å². The number of rotatable bonds is 7. The van der Waals surface area contributed by atoms with Gasteiger partial charge < -0.3 is 34.3 Å². The van der Waals surface area contributed by atoms with E-state index in [9.17, 15) is 24.0 Å². The maximum atomic E-state index is 12.7. The normalized spacial score (nSPS) is 23.7. The first kappa shape index (κ1) is 26.6. The van der Waals surface area contributed by atoms with E-state index in [0.29, 0.717) is 5.69 Å². The Kier molecular flexibility index (Phi) is 9.36. The lowest BCUT2D eigenvalue weighted by atomic mass is 9.96. The van der Waals surface area contributed by atoms with E-state index in [-0.39, 0.29) is 0 Å². The third-order valence-corrected chi connectivity index (χ3v) is 4.56. The molecule has 34 heavy (non-hydrogen) atoms. The molecule has 2 rings (SSSR count). The highest BCUT2D eigenvalue weighted by Gasteiger charge is 2.52. The van der Waals surface area contributed by atoms with Crippen molar-refractivity contribution in [1.29, 1.82) is 0 Å². The third-order valence-electron chi connectivity index (χ3n) is 4.56. The maximum Gasteiger partial charge on any atom is 0.319 e. The van der Waals surface area contributed by atoms with E-state index in [1.165, 1.54) is 0 Å². The molecule has 5 atom stereocenters. The van der Waals surface area contributed by atoms with Gasteiger partial charge in [-0.2, -0.15) is 0 Å². The summed E-state index contributed by atoms with van der Waals surface area (Å²) in [6, 6.07) is 4.96. The van der Waals surface area contributed by atoms with Crippen LogP contribution in [-0.4, -0.2) is 67.2 Å². The smallest absolute Gasteiger partial charge is 0.319 e. The fraction of sp³-hybridized carbons (Fsp3) is 0.500. The molecule has 2 amide bonds. The second kappa shape index (κ2) is 12.0. The summed E-state index contributed by atoms with van der Waals surface area (Å²) in [6.07, 6.45) is -5.27. The van der Waals surface area contributed by atoms with Crippen molar-refractivity contribution < 1.29 is 47.7 Å². The summed E-state index contributed by atoms with van der Waals surface area (Å²) in [5.41, 5.74) is 1.38. The molecule has 1 saturated heterocycles. The molecule has 12 nitrogen and oxygen atoms in total. The van der Waals surface area contributed by atoms with Crippen molar-refractivity contribution in [2.75, 3.05) is 11.9 Å². The van der Waals surface area contributed by atoms with Gasteiger partial charge in [-0.3, -0.25) is 19.2 Å². The zero-order chi connectivity index (χ0) is 25.4. The molecule has 1 fully saturated rings. The molecule has 1 heterocycles. The SMILES string of the molecule is CC(=O)OC[C@H]1O[C@H](OC(C)=O)[C@H](NC(=O)Nc2cccc(C)c2)[C@@H](OC(C)=O)[C@@H]1OC(C)=O. The van der Waals surface area contributed by atoms with Gasteiger partial charge in [0.25, 0.3) is 0 Å². The van der Waals surface area contributed by atoms with Crippen LogP contribution >= 0.6 is 0 Å². The Morgan fingerprint density at radius 3 is 2.06 bits per heavy atom. The number of anilines is 1. The van der Waals surface area contributed by atoms with Crippen LogP contribution in [0.4, 0.5) is 10.5 Å². The fourth-order valence-corrected chi connectivity index (χ4v) is 3.36. The Morgan fingerprint density at radius 2 is 1.50 bits per heavy atom. The minimum absolute atomic E-state index is 0.398. The quantitative estimate of drug-likeness (QED) is 0.429. The van der Waals surface area contributed by atoms with Crippen LogP contribution in [0.1, 0.15) is 33.3 Å². The number of urea groups is 1. The molecule has 0 unspecified atom stereocenters. The predicted octanol–water partition coefficient (Wildman–Crippen LogP) is 1.20. The van der Waals surface area contributed by atoms with Crippen LogP contribution in [0, 0.1) is 6.92 Å². The number of carbonyl (C=O) groups excluding carboxylic acids is 5. The van der Waals surface area contributed by atoms with Gasteiger partial charge in [0, 0.05) is 33.4 Å². The van der Waals surface area contributed by atoms with Crippen LogP contribution < -0.4 is 10.6 Å². The van der Waals surface area contributed by atoms with Crippen LogP contribution in [0.3, 0.4) is 0 Å². The van der Waals surface area contributed by atoms with Crippen molar-refractivity contribution in [2.24, 2.45) is 0 Å². The molecule has 1 aliphatic rings. The zero-order valence-corrected chi connectivity index (χ0v) is 19.5. The molecule has 0 spiro atoms. The first-order valence-corrected chi connectivity index (χ1v) is 10.4. The minimum atomic E-state index is -1.46. The number of hydrogen-bond donors (Lipinski definition) is 2. The summed E-state index contributed by atoms with van der Waals surface area (Å²) in [5.74, 6) is -2.90. The molecule has 186 valence electrons. The maximum absolute atomic E-state index is 12.7. The average molecular weight is 480 g/mol. The molecule has 0 saturated carbocycles. The summed E-state index contributed by atoms with van der Waals surface area (Å²) in [6.45, 7) is 5.97. The summed E-state index contributed by atoms with van der Waals surface area (Å²) in [4.78, 5) is 59.4. The van der Waals surface area contributed by atoms with Gasteiger partial charge in [0.1, 0.15) is 18.8 Å². The number of ether oxygens (including phenoxy) is 5. The molecule has 0 radical (unpaired) electrons. The molecule has 2 N–H and O–H groups in total. The van der Waals surface area contributed by atoms with E-state index >= 15 is 0 Å². The average Bonchev–Trinajstić information content (AvgIpc) is 2.70.